The van der Waals surface area contributed by atoms with Crippen molar-refractivity contribution in [2.75, 3.05) is 0 Å². The van der Waals surface area contributed by atoms with E-state index in [4.69, 9.17) is 9.47 Å². The first-order valence-corrected chi connectivity index (χ1v) is 9.76. The van der Waals surface area contributed by atoms with Gasteiger partial charge in [-0.1, -0.05) is 65.2 Å². The molecule has 0 aliphatic carbocycles. The van der Waals surface area contributed by atoms with Crippen molar-refractivity contribution >= 4 is 11.9 Å². The molecule has 5 nitrogen and oxygen atoms in total. The summed E-state index contributed by atoms with van der Waals surface area (Å²) in [5.41, 5.74) is 0. The van der Waals surface area contributed by atoms with E-state index < -0.39 is 0 Å². The number of rotatable bonds is 14. The number of aromatic nitrogens is 1. The van der Waals surface area contributed by atoms with Crippen LogP contribution in [0.5, 0.6) is 11.6 Å². The second-order valence-corrected chi connectivity index (χ2v) is 6.45. The number of unbranched alkanes of at least 4 members (excludes halogenated alkanes) is 8. The summed E-state index contributed by atoms with van der Waals surface area (Å²) < 4.78 is 10.6. The Morgan fingerprint density at radius 3 is 1.88 bits per heavy atom. The molecule has 0 aliphatic heterocycles. The monoisotopic (exact) mass is 351 g/mol. The van der Waals surface area contributed by atoms with Gasteiger partial charge in [0.05, 0.1) is 0 Å². The van der Waals surface area contributed by atoms with E-state index in [2.05, 4.69) is 18.8 Å². The number of carbonyl (C=O) groups is 2. The van der Waals surface area contributed by atoms with Crippen molar-refractivity contribution in [3.05, 3.63) is 12.3 Å². The molecule has 1 aromatic rings. The second-order valence-electron chi connectivity index (χ2n) is 6.45. The minimum atomic E-state index is -0.296. The first kappa shape index (κ1) is 21.3. The highest BCUT2D eigenvalue weighted by atomic mass is 16.6. The minimum absolute atomic E-state index is 0.220. The van der Waals surface area contributed by atoms with E-state index in [-0.39, 0.29) is 23.6 Å². The molecule has 0 unspecified atom stereocenters. The molecular formula is C20H33NO4. The molecule has 0 saturated heterocycles. The molecule has 5 heteroatoms. The summed E-state index contributed by atoms with van der Waals surface area (Å²) in [5.74, 6) is -0.0699. The molecule has 142 valence electrons. The molecule has 0 aliphatic rings. The van der Waals surface area contributed by atoms with Crippen LogP contribution in [0.15, 0.2) is 12.3 Å². The molecule has 0 amide bonds. The van der Waals surface area contributed by atoms with Crippen molar-refractivity contribution < 1.29 is 19.1 Å². The van der Waals surface area contributed by atoms with Gasteiger partial charge in [0.2, 0.25) is 5.88 Å². The number of aromatic amines is 1. The number of hydrogen-bond acceptors (Lipinski definition) is 4. The number of nitrogens with one attached hydrogen (secondary N) is 1. The average molecular weight is 351 g/mol. The Kier molecular flexibility index (Phi) is 11.5. The third kappa shape index (κ3) is 9.95. The van der Waals surface area contributed by atoms with Gasteiger partial charge in [-0.15, -0.1) is 0 Å². The smallest absolute Gasteiger partial charge is 0.312 e. The Morgan fingerprint density at radius 1 is 0.800 bits per heavy atom. The lowest BCUT2D eigenvalue weighted by Crippen LogP contribution is -2.11. The predicted molar refractivity (Wildman–Crippen MR) is 98.8 cm³/mol. The summed E-state index contributed by atoms with van der Waals surface area (Å²) in [7, 11) is 0. The van der Waals surface area contributed by atoms with Crippen LogP contribution in [-0.4, -0.2) is 16.9 Å². The van der Waals surface area contributed by atoms with Crippen molar-refractivity contribution in [2.45, 2.75) is 90.9 Å². The topological polar surface area (TPSA) is 68.4 Å². The van der Waals surface area contributed by atoms with Gasteiger partial charge in [0.1, 0.15) is 0 Å². The number of esters is 2. The average Bonchev–Trinajstić information content (AvgIpc) is 3.01. The van der Waals surface area contributed by atoms with E-state index in [1.807, 2.05) is 0 Å². The van der Waals surface area contributed by atoms with E-state index in [0.717, 1.165) is 38.5 Å². The van der Waals surface area contributed by atoms with Gasteiger partial charge in [0.15, 0.2) is 5.75 Å². The maximum absolute atomic E-state index is 11.9. The van der Waals surface area contributed by atoms with E-state index in [9.17, 15) is 9.59 Å². The first-order chi connectivity index (χ1) is 12.2. The van der Waals surface area contributed by atoms with Gasteiger partial charge in [-0.2, -0.15) is 0 Å². The summed E-state index contributed by atoms with van der Waals surface area (Å²) >= 11 is 0. The highest BCUT2D eigenvalue weighted by Gasteiger charge is 2.14. The zero-order valence-electron chi connectivity index (χ0n) is 15.8. The Hall–Kier alpha value is -1.78. The molecule has 0 bridgehead atoms. The Bertz CT molecular complexity index is 453. The number of hydrogen-bond donors (Lipinski definition) is 1. The fourth-order valence-electron chi connectivity index (χ4n) is 2.58. The van der Waals surface area contributed by atoms with Crippen LogP contribution in [-0.2, 0) is 9.59 Å². The normalized spacial score (nSPS) is 10.6. The molecule has 1 heterocycles. The fourth-order valence-corrected chi connectivity index (χ4v) is 2.58. The van der Waals surface area contributed by atoms with Gasteiger partial charge in [0.25, 0.3) is 0 Å². The quantitative estimate of drug-likeness (QED) is 0.352. The van der Waals surface area contributed by atoms with Crippen molar-refractivity contribution in [3.63, 3.8) is 0 Å². The lowest BCUT2D eigenvalue weighted by molar-refractivity contribution is -0.137. The predicted octanol–water partition coefficient (Wildman–Crippen LogP) is 5.55. The van der Waals surface area contributed by atoms with E-state index in [1.165, 1.54) is 25.7 Å². The van der Waals surface area contributed by atoms with Crippen molar-refractivity contribution in [1.82, 2.24) is 4.98 Å². The van der Waals surface area contributed by atoms with Gasteiger partial charge >= 0.3 is 11.9 Å². The molecule has 0 radical (unpaired) electrons. The summed E-state index contributed by atoms with van der Waals surface area (Å²) in [6.45, 7) is 4.32. The van der Waals surface area contributed by atoms with Crippen LogP contribution < -0.4 is 9.47 Å². The second kappa shape index (κ2) is 13.5. The molecule has 0 saturated carbocycles. The summed E-state index contributed by atoms with van der Waals surface area (Å²) in [5, 5.41) is 0. The van der Waals surface area contributed by atoms with Gasteiger partial charge in [0, 0.05) is 25.1 Å². The zero-order chi connectivity index (χ0) is 18.3. The van der Waals surface area contributed by atoms with Crippen LogP contribution in [0.3, 0.4) is 0 Å². The van der Waals surface area contributed by atoms with Crippen LogP contribution >= 0.6 is 0 Å². The number of H-pyrrole nitrogens is 1. The van der Waals surface area contributed by atoms with Crippen molar-refractivity contribution in [1.29, 1.82) is 0 Å². The van der Waals surface area contributed by atoms with Crippen LogP contribution in [0.25, 0.3) is 0 Å². The molecule has 0 spiro atoms. The molecule has 1 aromatic heterocycles. The minimum Gasteiger partial charge on any atom is -0.421 e. The maximum Gasteiger partial charge on any atom is 0.312 e. The summed E-state index contributed by atoms with van der Waals surface area (Å²) in [4.78, 5) is 26.6. The number of carbonyl (C=O) groups excluding carboxylic acids is 2. The Morgan fingerprint density at radius 2 is 1.32 bits per heavy atom. The third-order valence-electron chi connectivity index (χ3n) is 4.08. The standard InChI is InChI=1S/C20H33NO4/c1-3-5-7-9-11-13-18(22)24-17-15-16-21-20(17)25-19(23)14-12-10-8-6-4-2/h15-16,21H,3-14H2,1-2H3. The van der Waals surface area contributed by atoms with E-state index in [1.54, 1.807) is 12.3 Å². The lowest BCUT2D eigenvalue weighted by atomic mass is 10.1. The SMILES string of the molecule is CCCCCCCC(=O)Oc1cc[nH]c1OC(=O)CCCCCCC. The van der Waals surface area contributed by atoms with Crippen LogP contribution in [0.1, 0.15) is 90.9 Å². The van der Waals surface area contributed by atoms with Crippen LogP contribution in [0.2, 0.25) is 0 Å². The van der Waals surface area contributed by atoms with Gasteiger partial charge in [-0.25, -0.2) is 0 Å². The lowest BCUT2D eigenvalue weighted by Gasteiger charge is -2.07. The van der Waals surface area contributed by atoms with Gasteiger partial charge in [-0.3, -0.25) is 9.59 Å². The molecule has 1 N–H and O–H groups in total. The zero-order valence-corrected chi connectivity index (χ0v) is 15.8. The molecular weight excluding hydrogens is 318 g/mol. The maximum atomic E-state index is 11.9. The molecule has 0 fully saturated rings. The van der Waals surface area contributed by atoms with E-state index in [0.29, 0.717) is 12.8 Å². The Balaban J connectivity index is 2.28. The van der Waals surface area contributed by atoms with Crippen molar-refractivity contribution in [2.24, 2.45) is 0 Å². The van der Waals surface area contributed by atoms with Gasteiger partial charge < -0.3 is 14.5 Å². The molecule has 25 heavy (non-hydrogen) atoms. The highest BCUT2D eigenvalue weighted by molar-refractivity contribution is 5.75. The fraction of sp³-hybridized carbons (Fsp3) is 0.700. The molecule has 1 rings (SSSR count). The van der Waals surface area contributed by atoms with E-state index >= 15 is 0 Å². The Labute approximate surface area is 151 Å². The third-order valence-corrected chi connectivity index (χ3v) is 4.08. The van der Waals surface area contributed by atoms with Crippen LogP contribution in [0, 0.1) is 0 Å². The largest absolute Gasteiger partial charge is 0.421 e. The molecule has 0 atom stereocenters. The highest BCUT2D eigenvalue weighted by Crippen LogP contribution is 2.26. The van der Waals surface area contributed by atoms with Crippen LogP contribution in [0.4, 0.5) is 0 Å². The summed E-state index contributed by atoms with van der Waals surface area (Å²) in [6.07, 6.45) is 13.2. The first-order valence-electron chi connectivity index (χ1n) is 9.76. The molecule has 0 aromatic carbocycles. The summed E-state index contributed by atoms with van der Waals surface area (Å²) in [6, 6.07) is 1.61. The van der Waals surface area contributed by atoms with Crippen molar-refractivity contribution in [3.8, 4) is 11.6 Å². The van der Waals surface area contributed by atoms with Gasteiger partial charge in [-0.05, 0) is 12.8 Å². The number of ether oxygens (including phenoxy) is 2.